The van der Waals surface area contributed by atoms with Gasteiger partial charge in [0.05, 0.1) is 0 Å². The Morgan fingerprint density at radius 1 is 1.28 bits per heavy atom. The number of fused-ring (bicyclic) bond motifs is 1. The van der Waals surface area contributed by atoms with Gasteiger partial charge in [0.2, 0.25) is 0 Å². The zero-order chi connectivity index (χ0) is 12.8. The Kier molecular flexibility index (Phi) is 4.97. The van der Waals surface area contributed by atoms with Crippen LogP contribution in [0.5, 0.6) is 0 Å². The number of hydrogen-bond donors (Lipinski definition) is 1. The van der Waals surface area contributed by atoms with Crippen LogP contribution in [-0.2, 0) is 12.8 Å². The predicted molar refractivity (Wildman–Crippen MR) is 78.0 cm³/mol. The highest BCUT2D eigenvalue weighted by Crippen LogP contribution is 2.16. The van der Waals surface area contributed by atoms with Gasteiger partial charge in [0.15, 0.2) is 0 Å². The second kappa shape index (κ2) is 6.72. The normalized spacial score (nSPS) is 17.8. The highest BCUT2D eigenvalue weighted by atomic mass is 15.2. The summed E-state index contributed by atoms with van der Waals surface area (Å²) >= 11 is 0. The molecule has 1 aromatic rings. The third-order valence-corrected chi connectivity index (χ3v) is 3.81. The monoisotopic (exact) mass is 244 g/mol. The van der Waals surface area contributed by atoms with E-state index in [9.17, 15) is 0 Å². The molecule has 0 aliphatic carbocycles. The molecule has 1 aliphatic heterocycles. The van der Waals surface area contributed by atoms with Crippen LogP contribution in [0.2, 0.25) is 0 Å². The first-order valence-electron chi connectivity index (χ1n) is 6.93. The van der Waals surface area contributed by atoms with Crippen molar-refractivity contribution < 1.29 is 0 Å². The lowest BCUT2D eigenvalue weighted by Gasteiger charge is -2.27. The predicted octanol–water partition coefficient (Wildman–Crippen LogP) is 2.25. The molecule has 2 nitrogen and oxygen atoms in total. The Balaban J connectivity index is 1.89. The molecule has 18 heavy (non-hydrogen) atoms. The van der Waals surface area contributed by atoms with E-state index in [-0.39, 0.29) is 0 Å². The Morgan fingerprint density at radius 3 is 2.44 bits per heavy atom. The molecule has 0 saturated carbocycles. The summed E-state index contributed by atoms with van der Waals surface area (Å²) in [6, 6.07) is 9.46. The molecule has 0 fully saturated rings. The first kappa shape index (κ1) is 13.3. The molecule has 1 aromatic carbocycles. The minimum atomic E-state index is 0.597. The third kappa shape index (κ3) is 3.44. The molecule has 2 heteroatoms. The lowest BCUT2D eigenvalue weighted by atomic mass is 10.0. The van der Waals surface area contributed by atoms with E-state index >= 15 is 0 Å². The standard InChI is InChI=1S/C16H24N2/c1-3-10-17-13-14(2)18-11-8-15-6-4-5-7-16(15)9-12-18/h3-7,14,17H,1,8-13H2,2H3. The first-order chi connectivity index (χ1) is 8.81. The van der Waals surface area contributed by atoms with Crippen LogP contribution in [0.25, 0.3) is 0 Å². The molecule has 1 heterocycles. The van der Waals surface area contributed by atoms with Gasteiger partial charge in [0.25, 0.3) is 0 Å². The Morgan fingerprint density at radius 2 is 1.89 bits per heavy atom. The van der Waals surface area contributed by atoms with Gasteiger partial charge < -0.3 is 5.32 Å². The minimum absolute atomic E-state index is 0.597. The van der Waals surface area contributed by atoms with Gasteiger partial charge in [0.1, 0.15) is 0 Å². The molecule has 1 aliphatic rings. The van der Waals surface area contributed by atoms with Crippen molar-refractivity contribution in [2.24, 2.45) is 0 Å². The van der Waals surface area contributed by atoms with Crippen LogP contribution in [0.4, 0.5) is 0 Å². The van der Waals surface area contributed by atoms with Crippen molar-refractivity contribution >= 4 is 0 Å². The van der Waals surface area contributed by atoms with E-state index in [0.29, 0.717) is 6.04 Å². The molecule has 98 valence electrons. The van der Waals surface area contributed by atoms with Crippen molar-refractivity contribution in [1.29, 1.82) is 0 Å². The lowest BCUT2D eigenvalue weighted by Crippen LogP contribution is -2.41. The maximum Gasteiger partial charge on any atom is 0.0192 e. The summed E-state index contributed by atoms with van der Waals surface area (Å²) < 4.78 is 0. The quantitative estimate of drug-likeness (QED) is 0.631. The molecule has 0 bridgehead atoms. The second-order valence-corrected chi connectivity index (χ2v) is 5.10. The smallest absolute Gasteiger partial charge is 0.0192 e. The summed E-state index contributed by atoms with van der Waals surface area (Å²) in [5.74, 6) is 0. The van der Waals surface area contributed by atoms with Crippen LogP contribution >= 0.6 is 0 Å². The van der Waals surface area contributed by atoms with E-state index in [0.717, 1.165) is 13.1 Å². The topological polar surface area (TPSA) is 15.3 Å². The van der Waals surface area contributed by atoms with Crippen molar-refractivity contribution in [3.63, 3.8) is 0 Å². The largest absolute Gasteiger partial charge is 0.312 e. The molecule has 0 radical (unpaired) electrons. The number of nitrogens with zero attached hydrogens (tertiary/aromatic N) is 1. The van der Waals surface area contributed by atoms with Gasteiger partial charge in [-0.05, 0) is 30.9 Å². The minimum Gasteiger partial charge on any atom is -0.312 e. The van der Waals surface area contributed by atoms with Crippen LogP contribution in [0.15, 0.2) is 36.9 Å². The van der Waals surface area contributed by atoms with Gasteiger partial charge in [-0.2, -0.15) is 0 Å². The average molecular weight is 244 g/mol. The highest BCUT2D eigenvalue weighted by Gasteiger charge is 2.17. The summed E-state index contributed by atoms with van der Waals surface area (Å²) in [5, 5.41) is 3.41. The van der Waals surface area contributed by atoms with E-state index in [1.165, 1.54) is 37.1 Å². The van der Waals surface area contributed by atoms with Crippen molar-refractivity contribution in [1.82, 2.24) is 10.2 Å². The SMILES string of the molecule is C=CCNCC(C)N1CCc2ccccc2CC1. The van der Waals surface area contributed by atoms with Crippen LogP contribution < -0.4 is 5.32 Å². The summed E-state index contributed by atoms with van der Waals surface area (Å²) in [4.78, 5) is 2.59. The number of benzene rings is 1. The number of nitrogens with one attached hydrogen (secondary N) is 1. The fourth-order valence-electron chi connectivity index (χ4n) is 2.65. The van der Waals surface area contributed by atoms with Crippen LogP contribution in [-0.4, -0.2) is 37.1 Å². The third-order valence-electron chi connectivity index (χ3n) is 3.81. The Labute approximate surface area is 111 Å². The molecule has 2 rings (SSSR count). The van der Waals surface area contributed by atoms with Crippen molar-refractivity contribution in [2.75, 3.05) is 26.2 Å². The highest BCUT2D eigenvalue weighted by molar-refractivity contribution is 5.28. The molecule has 0 saturated heterocycles. The van der Waals surface area contributed by atoms with Gasteiger partial charge in [-0.25, -0.2) is 0 Å². The maximum atomic E-state index is 3.74. The zero-order valence-corrected chi connectivity index (χ0v) is 11.4. The first-order valence-corrected chi connectivity index (χ1v) is 6.93. The Bertz CT molecular complexity index is 359. The molecule has 0 aromatic heterocycles. The molecule has 1 atom stereocenters. The van der Waals surface area contributed by atoms with E-state index in [4.69, 9.17) is 0 Å². The fourth-order valence-corrected chi connectivity index (χ4v) is 2.65. The molecule has 1 N–H and O–H groups in total. The average Bonchev–Trinajstić information content (AvgIpc) is 2.61. The number of rotatable bonds is 5. The van der Waals surface area contributed by atoms with E-state index in [1.54, 1.807) is 0 Å². The summed E-state index contributed by atoms with van der Waals surface area (Å²) in [7, 11) is 0. The molecular weight excluding hydrogens is 220 g/mol. The van der Waals surface area contributed by atoms with Crippen molar-refractivity contribution in [3.05, 3.63) is 48.0 Å². The summed E-state index contributed by atoms with van der Waals surface area (Å²) in [6.07, 6.45) is 4.29. The molecular formula is C16H24N2. The van der Waals surface area contributed by atoms with Crippen molar-refractivity contribution in [2.45, 2.75) is 25.8 Å². The van der Waals surface area contributed by atoms with Gasteiger partial charge in [-0.1, -0.05) is 30.3 Å². The lowest BCUT2D eigenvalue weighted by molar-refractivity contribution is 0.215. The van der Waals surface area contributed by atoms with Gasteiger partial charge >= 0.3 is 0 Å². The van der Waals surface area contributed by atoms with Crippen LogP contribution in [0.3, 0.4) is 0 Å². The van der Waals surface area contributed by atoms with E-state index in [2.05, 4.69) is 48.0 Å². The van der Waals surface area contributed by atoms with Crippen LogP contribution in [0, 0.1) is 0 Å². The van der Waals surface area contributed by atoms with E-state index < -0.39 is 0 Å². The summed E-state index contributed by atoms with van der Waals surface area (Å²) in [5.41, 5.74) is 3.07. The van der Waals surface area contributed by atoms with Gasteiger partial charge in [-0.15, -0.1) is 6.58 Å². The molecule has 0 amide bonds. The second-order valence-electron chi connectivity index (χ2n) is 5.10. The van der Waals surface area contributed by atoms with Crippen LogP contribution in [0.1, 0.15) is 18.1 Å². The molecule has 1 unspecified atom stereocenters. The molecule has 0 spiro atoms. The number of hydrogen-bond acceptors (Lipinski definition) is 2. The van der Waals surface area contributed by atoms with Gasteiger partial charge in [-0.3, -0.25) is 4.90 Å². The van der Waals surface area contributed by atoms with Gasteiger partial charge in [0, 0.05) is 32.2 Å². The Hall–Kier alpha value is -1.12. The summed E-state index contributed by atoms with van der Waals surface area (Å²) in [6.45, 7) is 10.3. The van der Waals surface area contributed by atoms with Crippen molar-refractivity contribution in [3.8, 4) is 0 Å². The fraction of sp³-hybridized carbons (Fsp3) is 0.500. The van der Waals surface area contributed by atoms with E-state index in [1.807, 2.05) is 6.08 Å². The maximum absolute atomic E-state index is 3.74. The zero-order valence-electron chi connectivity index (χ0n) is 11.4.